The van der Waals surface area contributed by atoms with Crippen LogP contribution in [0.25, 0.3) is 0 Å². The summed E-state index contributed by atoms with van der Waals surface area (Å²) in [5.74, 6) is 0.314. The SMILES string of the molecule is Cn1c(N)c(C(=O)CN2CCN(CCOc3ccc(Cl)cc3)CC2)c(=O)n(C)c1=O. The Balaban J connectivity index is 1.50. The summed E-state index contributed by atoms with van der Waals surface area (Å²) in [7, 11) is 2.78. The van der Waals surface area contributed by atoms with Gasteiger partial charge >= 0.3 is 5.69 Å². The average molecular weight is 436 g/mol. The van der Waals surface area contributed by atoms with Gasteiger partial charge in [0.1, 0.15) is 23.7 Å². The van der Waals surface area contributed by atoms with E-state index in [0.29, 0.717) is 24.7 Å². The van der Waals surface area contributed by atoms with Gasteiger partial charge in [-0.2, -0.15) is 0 Å². The number of Topliss-reactive ketones (excluding diaryl/α,β-unsaturated/α-hetero) is 1. The van der Waals surface area contributed by atoms with Gasteiger partial charge in [-0.05, 0) is 24.3 Å². The second kappa shape index (κ2) is 9.46. The highest BCUT2D eigenvalue weighted by molar-refractivity contribution is 6.30. The van der Waals surface area contributed by atoms with Crippen molar-refractivity contribution in [2.45, 2.75) is 0 Å². The van der Waals surface area contributed by atoms with E-state index in [-0.39, 0.29) is 23.7 Å². The zero-order valence-corrected chi connectivity index (χ0v) is 17.9. The highest BCUT2D eigenvalue weighted by atomic mass is 35.5. The summed E-state index contributed by atoms with van der Waals surface area (Å²) in [6, 6.07) is 7.25. The molecule has 1 aromatic carbocycles. The average Bonchev–Trinajstić information content (AvgIpc) is 2.73. The summed E-state index contributed by atoms with van der Waals surface area (Å²) in [5, 5.41) is 0.672. The normalized spacial score (nSPS) is 15.3. The van der Waals surface area contributed by atoms with Crippen molar-refractivity contribution in [3.05, 3.63) is 55.7 Å². The van der Waals surface area contributed by atoms with Gasteiger partial charge in [0.05, 0.1) is 6.54 Å². The fraction of sp³-hybridized carbons (Fsp3) is 0.450. The first-order valence-electron chi connectivity index (χ1n) is 9.69. The molecule has 9 nitrogen and oxygen atoms in total. The van der Waals surface area contributed by atoms with Gasteiger partial charge in [-0.1, -0.05) is 11.6 Å². The molecule has 1 aliphatic rings. The lowest BCUT2D eigenvalue weighted by atomic mass is 10.1. The van der Waals surface area contributed by atoms with Crippen LogP contribution in [0.15, 0.2) is 33.9 Å². The van der Waals surface area contributed by atoms with Crippen LogP contribution in [0.2, 0.25) is 5.02 Å². The van der Waals surface area contributed by atoms with E-state index < -0.39 is 11.2 Å². The van der Waals surface area contributed by atoms with Gasteiger partial charge in [0.25, 0.3) is 5.56 Å². The number of nitrogens with zero attached hydrogens (tertiary/aromatic N) is 4. The number of hydrogen-bond acceptors (Lipinski definition) is 7. The lowest BCUT2D eigenvalue weighted by Gasteiger charge is -2.34. The quantitative estimate of drug-likeness (QED) is 0.619. The van der Waals surface area contributed by atoms with E-state index >= 15 is 0 Å². The van der Waals surface area contributed by atoms with Gasteiger partial charge in [-0.15, -0.1) is 0 Å². The van der Waals surface area contributed by atoms with Crippen LogP contribution in [0, 0.1) is 0 Å². The number of piperazine rings is 1. The molecule has 3 rings (SSSR count). The zero-order chi connectivity index (χ0) is 21.8. The smallest absolute Gasteiger partial charge is 0.332 e. The minimum absolute atomic E-state index is 0.0900. The molecule has 0 amide bonds. The van der Waals surface area contributed by atoms with Crippen molar-refractivity contribution in [3.63, 3.8) is 0 Å². The van der Waals surface area contributed by atoms with E-state index in [0.717, 1.165) is 34.5 Å². The number of rotatable bonds is 7. The number of nitrogens with two attached hydrogens (primary N) is 1. The van der Waals surface area contributed by atoms with Gasteiger partial charge in [0.2, 0.25) is 0 Å². The van der Waals surface area contributed by atoms with Crippen LogP contribution < -0.4 is 21.7 Å². The molecule has 0 atom stereocenters. The maximum absolute atomic E-state index is 12.7. The number of aromatic nitrogens is 2. The summed E-state index contributed by atoms with van der Waals surface area (Å²) in [6.07, 6.45) is 0. The van der Waals surface area contributed by atoms with Gasteiger partial charge in [0, 0.05) is 51.8 Å². The molecule has 1 aromatic heterocycles. The van der Waals surface area contributed by atoms with Crippen molar-refractivity contribution in [3.8, 4) is 5.75 Å². The van der Waals surface area contributed by atoms with Crippen LogP contribution in [0.5, 0.6) is 5.75 Å². The molecule has 2 heterocycles. The Labute approximate surface area is 179 Å². The monoisotopic (exact) mass is 435 g/mol. The second-order valence-corrected chi connectivity index (χ2v) is 7.75. The van der Waals surface area contributed by atoms with E-state index in [9.17, 15) is 14.4 Å². The van der Waals surface area contributed by atoms with Crippen LogP contribution >= 0.6 is 11.6 Å². The lowest BCUT2D eigenvalue weighted by Crippen LogP contribution is -2.49. The van der Waals surface area contributed by atoms with Gasteiger partial charge in [0.15, 0.2) is 5.78 Å². The first-order valence-corrected chi connectivity index (χ1v) is 10.1. The molecule has 30 heavy (non-hydrogen) atoms. The van der Waals surface area contributed by atoms with Crippen molar-refractivity contribution in [1.29, 1.82) is 0 Å². The molecule has 1 aliphatic heterocycles. The minimum atomic E-state index is -0.654. The summed E-state index contributed by atoms with van der Waals surface area (Å²) < 4.78 is 7.75. The van der Waals surface area contributed by atoms with E-state index in [2.05, 4.69) is 4.90 Å². The van der Waals surface area contributed by atoms with Crippen LogP contribution in [-0.2, 0) is 14.1 Å². The molecule has 0 radical (unpaired) electrons. The summed E-state index contributed by atoms with van der Waals surface area (Å²) in [6.45, 7) is 4.39. The minimum Gasteiger partial charge on any atom is -0.492 e. The Morgan fingerprint density at radius 3 is 2.27 bits per heavy atom. The maximum Gasteiger partial charge on any atom is 0.332 e. The first kappa shape index (κ1) is 22.1. The number of hydrogen-bond donors (Lipinski definition) is 1. The number of ether oxygens (including phenoxy) is 1. The number of anilines is 1. The van der Waals surface area contributed by atoms with Crippen molar-refractivity contribution in [2.75, 3.05) is 51.6 Å². The Morgan fingerprint density at radius 2 is 1.63 bits per heavy atom. The molecule has 0 bridgehead atoms. The third kappa shape index (κ3) is 4.92. The Kier molecular flexibility index (Phi) is 6.96. The van der Waals surface area contributed by atoms with Crippen LogP contribution in [0.1, 0.15) is 10.4 Å². The van der Waals surface area contributed by atoms with Crippen molar-refractivity contribution >= 4 is 23.2 Å². The number of ketones is 1. The van der Waals surface area contributed by atoms with Crippen LogP contribution in [-0.4, -0.2) is 70.6 Å². The highest BCUT2D eigenvalue weighted by Gasteiger charge is 2.24. The molecule has 1 fully saturated rings. The Morgan fingerprint density at radius 1 is 1.03 bits per heavy atom. The molecule has 2 aromatic rings. The summed E-state index contributed by atoms with van der Waals surface area (Å²) >= 11 is 5.86. The predicted molar refractivity (Wildman–Crippen MR) is 115 cm³/mol. The third-order valence-corrected chi connectivity index (χ3v) is 5.56. The summed E-state index contributed by atoms with van der Waals surface area (Å²) in [4.78, 5) is 41.2. The fourth-order valence-corrected chi connectivity index (χ4v) is 3.52. The fourth-order valence-electron chi connectivity index (χ4n) is 3.40. The van der Waals surface area contributed by atoms with E-state index in [4.69, 9.17) is 22.1 Å². The number of nitrogen functional groups attached to an aromatic ring is 1. The maximum atomic E-state index is 12.7. The Bertz CT molecular complexity index is 1020. The summed E-state index contributed by atoms with van der Waals surface area (Å²) in [5.41, 5.74) is 4.54. The van der Waals surface area contributed by atoms with Gasteiger partial charge in [-0.3, -0.25) is 28.5 Å². The predicted octanol–water partition coefficient (Wildman–Crippen LogP) is 0.199. The zero-order valence-electron chi connectivity index (χ0n) is 17.1. The molecule has 162 valence electrons. The third-order valence-electron chi connectivity index (χ3n) is 5.31. The molecule has 0 unspecified atom stereocenters. The second-order valence-electron chi connectivity index (χ2n) is 7.31. The molecule has 1 saturated heterocycles. The number of carbonyl (C=O) groups excluding carboxylic acids is 1. The molecule has 0 aliphatic carbocycles. The van der Waals surface area contributed by atoms with Crippen molar-refractivity contribution in [1.82, 2.24) is 18.9 Å². The van der Waals surface area contributed by atoms with Crippen molar-refractivity contribution < 1.29 is 9.53 Å². The van der Waals surface area contributed by atoms with Gasteiger partial charge < -0.3 is 10.5 Å². The number of benzene rings is 1. The van der Waals surface area contributed by atoms with Crippen LogP contribution in [0.4, 0.5) is 5.82 Å². The van der Waals surface area contributed by atoms with Crippen LogP contribution in [0.3, 0.4) is 0 Å². The van der Waals surface area contributed by atoms with E-state index in [1.54, 1.807) is 12.1 Å². The Hall–Kier alpha value is -2.62. The van der Waals surface area contributed by atoms with E-state index in [1.165, 1.54) is 14.1 Å². The number of halogens is 1. The van der Waals surface area contributed by atoms with Gasteiger partial charge in [-0.25, -0.2) is 4.79 Å². The van der Waals surface area contributed by atoms with Crippen molar-refractivity contribution in [2.24, 2.45) is 14.1 Å². The molecule has 10 heteroatoms. The standard InChI is InChI=1S/C20H26ClN5O4/c1-23-18(22)17(19(28)24(2)20(23)29)16(27)13-26-9-7-25(8-10-26)11-12-30-15-5-3-14(21)4-6-15/h3-6H,7-13,22H2,1-2H3. The largest absolute Gasteiger partial charge is 0.492 e. The highest BCUT2D eigenvalue weighted by Crippen LogP contribution is 2.15. The topological polar surface area (TPSA) is 103 Å². The van der Waals surface area contributed by atoms with E-state index in [1.807, 2.05) is 17.0 Å². The molecule has 0 spiro atoms. The lowest BCUT2D eigenvalue weighted by molar-refractivity contribution is 0.0829. The molecule has 0 saturated carbocycles. The molecular formula is C20H26ClN5O4. The molecular weight excluding hydrogens is 410 g/mol. The number of carbonyl (C=O) groups is 1. The molecule has 2 N–H and O–H groups in total. The first-order chi connectivity index (χ1) is 14.3.